The number of hydrogen-bond acceptors (Lipinski definition) is 3. The molecule has 0 aromatic rings. The van der Waals surface area contributed by atoms with Gasteiger partial charge in [0.1, 0.15) is 0 Å². The minimum Gasteiger partial charge on any atom is -0.394 e. The van der Waals surface area contributed by atoms with Gasteiger partial charge in [-0.2, -0.15) is 0 Å². The maximum Gasteiger partial charge on any atom is 0.0827 e. The van der Waals surface area contributed by atoms with E-state index in [0.29, 0.717) is 11.8 Å². The first-order valence-corrected chi connectivity index (χ1v) is 9.31. The molecule has 2 saturated carbocycles. The van der Waals surface area contributed by atoms with Gasteiger partial charge < -0.3 is 15.3 Å². The molecule has 0 amide bonds. The first-order chi connectivity index (χ1) is 10.6. The molecule has 3 rings (SSSR count). The van der Waals surface area contributed by atoms with E-state index < -0.39 is 6.10 Å². The predicted octanol–water partition coefficient (Wildman–Crippen LogP) is 3.28. The lowest BCUT2D eigenvalue weighted by Crippen LogP contribution is -2.55. The van der Waals surface area contributed by atoms with Crippen molar-refractivity contribution in [3.05, 3.63) is 11.6 Å². The summed E-state index contributed by atoms with van der Waals surface area (Å²) in [5, 5.41) is 30.1. The molecule has 3 aliphatic carbocycles. The third-order valence-electron chi connectivity index (χ3n) is 7.96. The maximum absolute atomic E-state index is 10.5. The molecule has 0 spiro atoms. The van der Waals surface area contributed by atoms with Crippen LogP contribution in [0.15, 0.2) is 11.6 Å². The number of allylic oxidation sites excluding steroid dienone is 2. The molecule has 3 aliphatic rings. The van der Waals surface area contributed by atoms with Gasteiger partial charge in [-0.3, -0.25) is 0 Å². The van der Waals surface area contributed by atoms with Crippen molar-refractivity contribution >= 4 is 0 Å². The van der Waals surface area contributed by atoms with Crippen LogP contribution < -0.4 is 0 Å². The van der Waals surface area contributed by atoms with Crippen molar-refractivity contribution in [2.75, 3.05) is 6.61 Å². The molecular formula is C20H34O3. The van der Waals surface area contributed by atoms with Crippen molar-refractivity contribution in [2.45, 2.75) is 78.4 Å². The second-order valence-electron chi connectivity index (χ2n) is 9.57. The Balaban J connectivity index is 1.90. The summed E-state index contributed by atoms with van der Waals surface area (Å²) in [4.78, 5) is 0. The molecule has 3 nitrogen and oxygen atoms in total. The average Bonchev–Trinajstić information content (AvgIpc) is 2.50. The second kappa shape index (κ2) is 5.57. The predicted molar refractivity (Wildman–Crippen MR) is 91.9 cm³/mol. The van der Waals surface area contributed by atoms with E-state index in [2.05, 4.69) is 33.8 Å². The number of fused-ring (bicyclic) bond motifs is 3. The van der Waals surface area contributed by atoms with Gasteiger partial charge in [-0.15, -0.1) is 0 Å². The Morgan fingerprint density at radius 3 is 2.52 bits per heavy atom. The molecule has 0 bridgehead atoms. The van der Waals surface area contributed by atoms with Crippen molar-refractivity contribution < 1.29 is 15.3 Å². The van der Waals surface area contributed by atoms with Crippen molar-refractivity contribution in [3.63, 3.8) is 0 Å². The van der Waals surface area contributed by atoms with Gasteiger partial charge in [0.2, 0.25) is 0 Å². The van der Waals surface area contributed by atoms with Crippen LogP contribution in [-0.2, 0) is 0 Å². The van der Waals surface area contributed by atoms with Crippen LogP contribution >= 0.6 is 0 Å². The quantitative estimate of drug-likeness (QED) is 0.684. The SMILES string of the molecule is CC1(C)[C@H](O)CC[C@@]2(C)[C@@H]3CC[C@](C)(C(O)CO)CC3=CC[C@H]12. The fourth-order valence-corrected chi connectivity index (χ4v) is 6.15. The second-order valence-corrected chi connectivity index (χ2v) is 9.57. The average molecular weight is 322 g/mol. The van der Waals surface area contributed by atoms with Gasteiger partial charge in [-0.1, -0.05) is 39.3 Å². The monoisotopic (exact) mass is 322 g/mol. The minimum atomic E-state index is -0.625. The van der Waals surface area contributed by atoms with E-state index in [1.807, 2.05) is 0 Å². The summed E-state index contributed by atoms with van der Waals surface area (Å²) in [5.74, 6) is 1.10. The van der Waals surface area contributed by atoms with Crippen LogP contribution in [0.25, 0.3) is 0 Å². The number of hydrogen-bond donors (Lipinski definition) is 3. The van der Waals surface area contributed by atoms with E-state index >= 15 is 0 Å². The summed E-state index contributed by atoms with van der Waals surface area (Å²) < 4.78 is 0. The van der Waals surface area contributed by atoms with E-state index in [0.717, 1.165) is 38.5 Å². The Morgan fingerprint density at radius 1 is 1.17 bits per heavy atom. The fourth-order valence-electron chi connectivity index (χ4n) is 6.15. The molecule has 0 aliphatic heterocycles. The normalized spacial score (nSPS) is 47.3. The summed E-state index contributed by atoms with van der Waals surface area (Å²) >= 11 is 0. The smallest absolute Gasteiger partial charge is 0.0827 e. The highest BCUT2D eigenvalue weighted by Gasteiger charge is 2.57. The Hall–Kier alpha value is -0.380. The largest absolute Gasteiger partial charge is 0.394 e. The molecule has 132 valence electrons. The van der Waals surface area contributed by atoms with E-state index in [-0.39, 0.29) is 29.0 Å². The Labute approximate surface area is 140 Å². The molecule has 0 aromatic carbocycles. The zero-order chi connectivity index (χ0) is 17.0. The lowest BCUT2D eigenvalue weighted by Gasteiger charge is -2.60. The van der Waals surface area contributed by atoms with Crippen molar-refractivity contribution in [3.8, 4) is 0 Å². The van der Waals surface area contributed by atoms with Gasteiger partial charge in [0.15, 0.2) is 0 Å². The van der Waals surface area contributed by atoms with Crippen molar-refractivity contribution in [2.24, 2.45) is 28.1 Å². The summed E-state index contributed by atoms with van der Waals surface area (Å²) in [5.41, 5.74) is 1.54. The molecule has 0 heterocycles. The number of aliphatic hydroxyl groups excluding tert-OH is 3. The molecule has 3 heteroatoms. The maximum atomic E-state index is 10.5. The van der Waals surface area contributed by atoms with Gasteiger partial charge in [0, 0.05) is 0 Å². The third-order valence-corrected chi connectivity index (χ3v) is 7.96. The topological polar surface area (TPSA) is 60.7 Å². The summed E-state index contributed by atoms with van der Waals surface area (Å²) in [6.07, 6.45) is 7.60. The molecule has 2 fully saturated rings. The van der Waals surface area contributed by atoms with Crippen LogP contribution in [0.1, 0.15) is 66.2 Å². The molecular weight excluding hydrogens is 288 g/mol. The molecule has 0 aromatic heterocycles. The molecule has 0 saturated heterocycles. The Bertz CT molecular complexity index is 497. The zero-order valence-electron chi connectivity index (χ0n) is 15.2. The number of aliphatic hydroxyl groups is 3. The van der Waals surface area contributed by atoms with Crippen molar-refractivity contribution in [1.82, 2.24) is 0 Å². The van der Waals surface area contributed by atoms with Crippen LogP contribution in [0.4, 0.5) is 0 Å². The highest BCUT2D eigenvalue weighted by Crippen LogP contribution is 2.63. The van der Waals surface area contributed by atoms with Crippen molar-refractivity contribution in [1.29, 1.82) is 0 Å². The molecule has 6 atom stereocenters. The Kier molecular flexibility index (Phi) is 4.23. The third kappa shape index (κ3) is 2.51. The Morgan fingerprint density at radius 2 is 1.87 bits per heavy atom. The van der Waals surface area contributed by atoms with Crippen LogP contribution in [0.3, 0.4) is 0 Å². The first kappa shape index (κ1) is 17.4. The first-order valence-electron chi connectivity index (χ1n) is 9.31. The van der Waals surface area contributed by atoms with Gasteiger partial charge >= 0.3 is 0 Å². The van der Waals surface area contributed by atoms with Crippen LogP contribution in [0.5, 0.6) is 0 Å². The lowest BCUT2D eigenvalue weighted by atomic mass is 9.45. The summed E-state index contributed by atoms with van der Waals surface area (Å²) in [6.45, 7) is 8.89. The number of rotatable bonds is 2. The van der Waals surface area contributed by atoms with E-state index in [9.17, 15) is 15.3 Å². The fraction of sp³-hybridized carbons (Fsp3) is 0.900. The highest BCUT2D eigenvalue weighted by molar-refractivity contribution is 5.24. The minimum absolute atomic E-state index is 0.0274. The van der Waals surface area contributed by atoms with Gasteiger partial charge in [0.25, 0.3) is 0 Å². The molecule has 3 N–H and O–H groups in total. The van der Waals surface area contributed by atoms with Crippen LogP contribution in [0, 0.1) is 28.1 Å². The zero-order valence-corrected chi connectivity index (χ0v) is 15.2. The van der Waals surface area contributed by atoms with Gasteiger partial charge in [-0.25, -0.2) is 0 Å². The van der Waals surface area contributed by atoms with Gasteiger partial charge in [-0.05, 0) is 66.6 Å². The van der Waals surface area contributed by atoms with E-state index in [4.69, 9.17) is 0 Å². The summed E-state index contributed by atoms with van der Waals surface area (Å²) in [7, 11) is 0. The van der Waals surface area contributed by atoms with Gasteiger partial charge in [0.05, 0.1) is 18.8 Å². The highest BCUT2D eigenvalue weighted by atomic mass is 16.3. The molecule has 0 radical (unpaired) electrons. The summed E-state index contributed by atoms with van der Waals surface area (Å²) in [6, 6.07) is 0. The van der Waals surface area contributed by atoms with E-state index in [1.165, 1.54) is 5.57 Å². The van der Waals surface area contributed by atoms with E-state index in [1.54, 1.807) is 0 Å². The lowest BCUT2D eigenvalue weighted by molar-refractivity contribution is -0.125. The van der Waals surface area contributed by atoms with Crippen LogP contribution in [0.2, 0.25) is 0 Å². The molecule has 1 unspecified atom stereocenters. The van der Waals surface area contributed by atoms with Crippen LogP contribution in [-0.4, -0.2) is 34.1 Å². The standard InChI is InChI=1S/C20H34O3/c1-18(2)15-6-5-13-11-19(3,17(23)12-21)9-7-14(13)20(15,4)10-8-16(18)22/h5,14-17,21-23H,6-12H2,1-4H3/t14-,15-,16-,17?,19+,20+/m1/s1. The molecule has 23 heavy (non-hydrogen) atoms.